The first-order valence-corrected chi connectivity index (χ1v) is 7.14. The average molecular weight is 324 g/mol. The fourth-order valence-electron chi connectivity index (χ4n) is 1.78. The second-order valence-corrected chi connectivity index (χ2v) is 5.38. The molecule has 0 aromatic carbocycles. The van der Waals surface area contributed by atoms with E-state index in [9.17, 15) is 4.79 Å². The lowest BCUT2D eigenvalue weighted by Crippen LogP contribution is -2.06. The summed E-state index contributed by atoms with van der Waals surface area (Å²) in [5.41, 5.74) is 1.68. The Morgan fingerprint density at radius 1 is 1.48 bits per heavy atom. The number of methoxy groups -OCH3 is 1. The monoisotopic (exact) mass is 323 g/mol. The van der Waals surface area contributed by atoms with Crippen molar-refractivity contribution in [1.29, 1.82) is 0 Å². The molecule has 0 unspecified atom stereocenters. The SMILES string of the molecule is COC(=O)c1sc(NCc2ccnc3ccnn23)nc1Cl. The zero-order valence-electron chi connectivity index (χ0n) is 10.9. The van der Waals surface area contributed by atoms with E-state index in [2.05, 4.69) is 25.1 Å². The molecule has 0 spiro atoms. The molecule has 0 saturated heterocycles. The summed E-state index contributed by atoms with van der Waals surface area (Å²) < 4.78 is 6.36. The van der Waals surface area contributed by atoms with Gasteiger partial charge in [-0.1, -0.05) is 22.9 Å². The first kappa shape index (κ1) is 13.8. The Balaban J connectivity index is 1.79. The number of nitrogens with zero attached hydrogens (tertiary/aromatic N) is 4. The van der Waals surface area contributed by atoms with Crippen molar-refractivity contribution < 1.29 is 9.53 Å². The Labute approximate surface area is 128 Å². The molecule has 0 aliphatic rings. The molecule has 0 radical (unpaired) electrons. The number of halogens is 1. The molecule has 1 N–H and O–H groups in total. The molecule has 21 heavy (non-hydrogen) atoms. The zero-order valence-corrected chi connectivity index (χ0v) is 12.5. The molecule has 0 aliphatic heterocycles. The van der Waals surface area contributed by atoms with Gasteiger partial charge in [0.25, 0.3) is 0 Å². The summed E-state index contributed by atoms with van der Waals surface area (Å²) in [6, 6.07) is 3.67. The molecule has 7 nitrogen and oxygen atoms in total. The third-order valence-corrected chi connectivity index (χ3v) is 4.12. The fourth-order valence-corrected chi connectivity index (χ4v) is 2.88. The predicted molar refractivity (Wildman–Crippen MR) is 78.8 cm³/mol. The quantitative estimate of drug-likeness (QED) is 0.742. The standard InChI is InChI=1S/C12H10ClN5O2S/c1-20-11(19)9-10(13)17-12(21-9)15-6-7-2-4-14-8-3-5-16-18(7)8/h2-5H,6H2,1H3,(H,15,17). The number of anilines is 1. The number of nitrogens with one attached hydrogen (secondary N) is 1. The minimum absolute atomic E-state index is 0.133. The van der Waals surface area contributed by atoms with E-state index in [1.807, 2.05) is 12.1 Å². The fraction of sp³-hybridized carbons (Fsp3) is 0.167. The Hall–Kier alpha value is -2.19. The summed E-state index contributed by atoms with van der Waals surface area (Å²) in [5.74, 6) is -0.496. The number of esters is 1. The van der Waals surface area contributed by atoms with Crippen LogP contribution < -0.4 is 5.32 Å². The second kappa shape index (κ2) is 5.66. The number of carbonyl (C=O) groups is 1. The third kappa shape index (κ3) is 2.67. The first-order valence-electron chi connectivity index (χ1n) is 5.95. The van der Waals surface area contributed by atoms with Gasteiger partial charge in [0.15, 0.2) is 20.8 Å². The van der Waals surface area contributed by atoms with Gasteiger partial charge in [0.2, 0.25) is 0 Å². The number of ether oxygens (including phenoxy) is 1. The molecule has 3 heterocycles. The van der Waals surface area contributed by atoms with E-state index in [1.165, 1.54) is 7.11 Å². The van der Waals surface area contributed by atoms with Crippen LogP contribution in [0.15, 0.2) is 24.5 Å². The maximum Gasteiger partial charge on any atom is 0.351 e. The predicted octanol–water partition coefficient (Wildman–Crippen LogP) is 2.24. The van der Waals surface area contributed by atoms with Crippen LogP contribution in [0.4, 0.5) is 5.13 Å². The van der Waals surface area contributed by atoms with E-state index in [0.29, 0.717) is 11.7 Å². The Kier molecular flexibility index (Phi) is 3.72. The van der Waals surface area contributed by atoms with Gasteiger partial charge in [-0.3, -0.25) is 0 Å². The van der Waals surface area contributed by atoms with E-state index in [-0.39, 0.29) is 10.0 Å². The molecule has 0 bridgehead atoms. The molecule has 0 aliphatic carbocycles. The number of carbonyl (C=O) groups excluding carboxylic acids is 1. The van der Waals surface area contributed by atoms with Crippen molar-refractivity contribution >= 4 is 39.7 Å². The van der Waals surface area contributed by atoms with Crippen molar-refractivity contribution in [2.45, 2.75) is 6.54 Å². The van der Waals surface area contributed by atoms with E-state index < -0.39 is 5.97 Å². The molecule has 0 amide bonds. The smallest absolute Gasteiger partial charge is 0.351 e. The van der Waals surface area contributed by atoms with Crippen molar-refractivity contribution in [1.82, 2.24) is 19.6 Å². The number of aromatic nitrogens is 4. The van der Waals surface area contributed by atoms with Crippen LogP contribution in [0.2, 0.25) is 5.15 Å². The number of hydrogen-bond acceptors (Lipinski definition) is 7. The molecular formula is C12H10ClN5O2S. The molecule has 3 aromatic rings. The van der Waals surface area contributed by atoms with Gasteiger partial charge in [0.1, 0.15) is 0 Å². The van der Waals surface area contributed by atoms with Gasteiger partial charge in [-0.2, -0.15) is 5.10 Å². The van der Waals surface area contributed by atoms with Crippen molar-refractivity contribution in [2.24, 2.45) is 0 Å². The highest BCUT2D eigenvalue weighted by atomic mass is 35.5. The lowest BCUT2D eigenvalue weighted by molar-refractivity contribution is 0.0606. The van der Waals surface area contributed by atoms with E-state index in [0.717, 1.165) is 22.7 Å². The Morgan fingerprint density at radius 3 is 3.14 bits per heavy atom. The van der Waals surface area contributed by atoms with Crippen LogP contribution in [0, 0.1) is 0 Å². The summed E-state index contributed by atoms with van der Waals surface area (Å²) in [6.45, 7) is 0.477. The third-order valence-electron chi connectivity index (χ3n) is 2.75. The summed E-state index contributed by atoms with van der Waals surface area (Å²) in [7, 11) is 1.30. The normalized spacial score (nSPS) is 10.8. The minimum Gasteiger partial charge on any atom is -0.465 e. The van der Waals surface area contributed by atoms with Crippen LogP contribution in [-0.2, 0) is 11.3 Å². The van der Waals surface area contributed by atoms with Gasteiger partial charge in [-0.05, 0) is 6.07 Å². The molecular weight excluding hydrogens is 314 g/mol. The van der Waals surface area contributed by atoms with Gasteiger partial charge >= 0.3 is 5.97 Å². The number of hydrogen-bond donors (Lipinski definition) is 1. The van der Waals surface area contributed by atoms with Gasteiger partial charge < -0.3 is 10.1 Å². The van der Waals surface area contributed by atoms with Gasteiger partial charge in [0, 0.05) is 12.3 Å². The van der Waals surface area contributed by atoms with Crippen LogP contribution in [0.1, 0.15) is 15.4 Å². The highest BCUT2D eigenvalue weighted by Gasteiger charge is 2.17. The van der Waals surface area contributed by atoms with Crippen molar-refractivity contribution in [3.8, 4) is 0 Å². The highest BCUT2D eigenvalue weighted by molar-refractivity contribution is 7.18. The van der Waals surface area contributed by atoms with Gasteiger partial charge in [0.05, 0.1) is 25.5 Å². The first-order chi connectivity index (χ1) is 10.2. The Morgan fingerprint density at radius 2 is 2.33 bits per heavy atom. The number of fused-ring (bicyclic) bond motifs is 1. The molecule has 108 valence electrons. The van der Waals surface area contributed by atoms with Crippen LogP contribution in [0.5, 0.6) is 0 Å². The van der Waals surface area contributed by atoms with Gasteiger partial charge in [-0.25, -0.2) is 19.3 Å². The summed E-state index contributed by atoms with van der Waals surface area (Å²) in [4.78, 5) is 20.0. The van der Waals surface area contributed by atoms with Gasteiger partial charge in [-0.15, -0.1) is 0 Å². The summed E-state index contributed by atoms with van der Waals surface area (Å²) in [6.07, 6.45) is 3.39. The largest absolute Gasteiger partial charge is 0.465 e. The minimum atomic E-state index is -0.496. The molecule has 0 atom stereocenters. The van der Waals surface area contributed by atoms with Crippen molar-refractivity contribution in [3.63, 3.8) is 0 Å². The zero-order chi connectivity index (χ0) is 14.8. The van der Waals surface area contributed by atoms with Crippen LogP contribution in [-0.4, -0.2) is 32.7 Å². The Bertz CT molecular complexity index is 800. The van der Waals surface area contributed by atoms with Crippen LogP contribution in [0.3, 0.4) is 0 Å². The van der Waals surface area contributed by atoms with E-state index in [4.69, 9.17) is 11.6 Å². The lowest BCUT2D eigenvalue weighted by atomic mass is 10.4. The number of thiazole rings is 1. The highest BCUT2D eigenvalue weighted by Crippen LogP contribution is 2.27. The van der Waals surface area contributed by atoms with Crippen LogP contribution in [0.25, 0.3) is 5.65 Å². The topological polar surface area (TPSA) is 81.4 Å². The van der Waals surface area contributed by atoms with E-state index in [1.54, 1.807) is 16.9 Å². The number of rotatable bonds is 4. The maximum atomic E-state index is 11.5. The van der Waals surface area contributed by atoms with Crippen molar-refractivity contribution in [3.05, 3.63) is 40.3 Å². The maximum absolute atomic E-state index is 11.5. The average Bonchev–Trinajstić information content (AvgIpc) is 3.10. The molecule has 9 heteroatoms. The van der Waals surface area contributed by atoms with Crippen molar-refractivity contribution in [2.75, 3.05) is 12.4 Å². The lowest BCUT2D eigenvalue weighted by Gasteiger charge is -2.04. The summed E-state index contributed by atoms with van der Waals surface area (Å²) >= 11 is 7.05. The van der Waals surface area contributed by atoms with E-state index >= 15 is 0 Å². The molecule has 0 fully saturated rings. The second-order valence-electron chi connectivity index (χ2n) is 4.02. The van der Waals surface area contributed by atoms with Crippen LogP contribution >= 0.6 is 22.9 Å². The molecule has 3 aromatic heterocycles. The molecule has 0 saturated carbocycles. The molecule has 3 rings (SSSR count). The summed E-state index contributed by atoms with van der Waals surface area (Å²) in [5, 5.41) is 7.97.